The van der Waals surface area contributed by atoms with E-state index in [0.29, 0.717) is 6.42 Å². The van der Waals surface area contributed by atoms with Crippen LogP contribution >= 0.6 is 0 Å². The molecular formula is C18H26O4. The Labute approximate surface area is 132 Å². The Balaban J connectivity index is 2.26. The number of rotatable bonds is 11. The highest BCUT2D eigenvalue weighted by Crippen LogP contribution is 2.23. The number of hydrogen-bond acceptors (Lipinski definition) is 4. The lowest BCUT2D eigenvalue weighted by atomic mass is 10.0. The van der Waals surface area contributed by atoms with Crippen molar-refractivity contribution in [3.8, 4) is 11.5 Å². The summed E-state index contributed by atoms with van der Waals surface area (Å²) in [5.74, 6) is -1.65. The molecule has 0 aliphatic rings. The van der Waals surface area contributed by atoms with Crippen molar-refractivity contribution < 1.29 is 19.8 Å². The van der Waals surface area contributed by atoms with E-state index in [4.69, 9.17) is 0 Å². The second-order valence-electron chi connectivity index (χ2n) is 5.68. The van der Waals surface area contributed by atoms with Crippen LogP contribution in [0.15, 0.2) is 18.2 Å². The molecule has 0 aromatic heterocycles. The summed E-state index contributed by atoms with van der Waals surface area (Å²) in [7, 11) is 0. The first-order valence-corrected chi connectivity index (χ1v) is 8.15. The highest BCUT2D eigenvalue weighted by molar-refractivity contribution is 6.44. The van der Waals surface area contributed by atoms with Crippen molar-refractivity contribution in [2.45, 2.75) is 64.7 Å². The van der Waals surface area contributed by atoms with Crippen molar-refractivity contribution in [2.24, 2.45) is 0 Å². The van der Waals surface area contributed by atoms with Crippen LogP contribution in [0.1, 0.15) is 75.1 Å². The molecule has 4 nitrogen and oxygen atoms in total. The molecule has 0 saturated carbocycles. The van der Waals surface area contributed by atoms with Crippen molar-refractivity contribution in [1.82, 2.24) is 0 Å². The van der Waals surface area contributed by atoms with Crippen molar-refractivity contribution in [3.05, 3.63) is 23.8 Å². The maximum absolute atomic E-state index is 11.9. The summed E-state index contributed by atoms with van der Waals surface area (Å²) in [5, 5.41) is 18.8. The van der Waals surface area contributed by atoms with Gasteiger partial charge in [0.2, 0.25) is 11.6 Å². The summed E-state index contributed by atoms with van der Waals surface area (Å²) >= 11 is 0. The third-order valence-electron chi connectivity index (χ3n) is 3.74. The summed E-state index contributed by atoms with van der Waals surface area (Å²) in [6.07, 6.45) is 9.18. The fraction of sp³-hybridized carbons (Fsp3) is 0.556. The molecule has 0 spiro atoms. The van der Waals surface area contributed by atoms with Crippen molar-refractivity contribution >= 4 is 11.6 Å². The topological polar surface area (TPSA) is 74.6 Å². The molecule has 0 atom stereocenters. The highest BCUT2D eigenvalue weighted by atomic mass is 16.3. The van der Waals surface area contributed by atoms with Gasteiger partial charge in [0.15, 0.2) is 0 Å². The zero-order valence-corrected chi connectivity index (χ0v) is 13.3. The van der Waals surface area contributed by atoms with Crippen LogP contribution in [-0.4, -0.2) is 21.8 Å². The predicted octanol–water partition coefficient (Wildman–Crippen LogP) is 4.38. The summed E-state index contributed by atoms with van der Waals surface area (Å²) in [6, 6.07) is 3.63. The molecule has 0 aliphatic carbocycles. The van der Waals surface area contributed by atoms with Crippen molar-refractivity contribution in [2.75, 3.05) is 0 Å². The average Bonchev–Trinajstić information content (AvgIpc) is 2.49. The number of aromatic hydroxyl groups is 2. The van der Waals surface area contributed by atoms with Gasteiger partial charge in [-0.05, 0) is 18.6 Å². The lowest BCUT2D eigenvalue weighted by Crippen LogP contribution is -2.14. The van der Waals surface area contributed by atoms with E-state index in [9.17, 15) is 19.8 Å². The first kappa shape index (κ1) is 18.2. The van der Waals surface area contributed by atoms with Crippen LogP contribution in [0, 0.1) is 0 Å². The fourth-order valence-electron chi connectivity index (χ4n) is 2.40. The molecule has 1 rings (SSSR count). The molecule has 4 heteroatoms. The number of unbranched alkanes of at least 4 members (excludes halogenated alkanes) is 7. The number of Topliss-reactive ketones (excluding diaryl/α,β-unsaturated/α-hetero) is 2. The Bertz CT molecular complexity index is 494. The van der Waals surface area contributed by atoms with Gasteiger partial charge in [0.05, 0.1) is 5.56 Å². The Kier molecular flexibility index (Phi) is 8.26. The van der Waals surface area contributed by atoms with Crippen molar-refractivity contribution in [1.29, 1.82) is 0 Å². The number of hydrogen-bond donors (Lipinski definition) is 2. The first-order valence-electron chi connectivity index (χ1n) is 8.15. The molecule has 2 N–H and O–H groups in total. The van der Waals surface area contributed by atoms with Crippen LogP contribution in [0.3, 0.4) is 0 Å². The minimum Gasteiger partial charge on any atom is -0.508 e. The summed E-state index contributed by atoms with van der Waals surface area (Å²) in [6.45, 7) is 2.19. The Morgan fingerprint density at radius 1 is 0.909 bits per heavy atom. The lowest BCUT2D eigenvalue weighted by molar-refractivity contribution is -0.115. The quantitative estimate of drug-likeness (QED) is 0.361. The molecule has 122 valence electrons. The van der Waals surface area contributed by atoms with Crippen LogP contribution in [0.5, 0.6) is 11.5 Å². The summed E-state index contributed by atoms with van der Waals surface area (Å²) in [4.78, 5) is 23.8. The highest BCUT2D eigenvalue weighted by Gasteiger charge is 2.19. The smallest absolute Gasteiger partial charge is 0.232 e. The van der Waals surface area contributed by atoms with Gasteiger partial charge in [-0.3, -0.25) is 9.59 Å². The van der Waals surface area contributed by atoms with Gasteiger partial charge in [-0.1, -0.05) is 51.9 Å². The Hall–Kier alpha value is -1.84. The number of phenols is 2. The zero-order chi connectivity index (χ0) is 16.4. The zero-order valence-electron chi connectivity index (χ0n) is 13.3. The van der Waals surface area contributed by atoms with Crippen LogP contribution in [0.4, 0.5) is 0 Å². The van der Waals surface area contributed by atoms with E-state index >= 15 is 0 Å². The molecular weight excluding hydrogens is 280 g/mol. The van der Waals surface area contributed by atoms with Crippen LogP contribution in [-0.2, 0) is 4.79 Å². The van der Waals surface area contributed by atoms with Gasteiger partial charge in [-0.2, -0.15) is 0 Å². The molecule has 0 fully saturated rings. The van der Waals surface area contributed by atoms with Gasteiger partial charge < -0.3 is 10.2 Å². The van der Waals surface area contributed by atoms with Gasteiger partial charge in [-0.15, -0.1) is 0 Å². The van der Waals surface area contributed by atoms with E-state index in [1.54, 1.807) is 0 Å². The number of phenolic OH excluding ortho intramolecular Hbond substituents is 2. The largest absolute Gasteiger partial charge is 0.508 e. The Morgan fingerprint density at radius 3 is 2.09 bits per heavy atom. The average molecular weight is 306 g/mol. The number of carbonyl (C=O) groups is 2. The molecule has 1 aromatic rings. The fourth-order valence-corrected chi connectivity index (χ4v) is 2.40. The van der Waals surface area contributed by atoms with Gasteiger partial charge in [0.1, 0.15) is 11.5 Å². The van der Waals surface area contributed by atoms with Gasteiger partial charge in [0.25, 0.3) is 0 Å². The molecule has 0 bridgehead atoms. The normalized spacial score (nSPS) is 10.6. The minimum atomic E-state index is -0.680. The van der Waals surface area contributed by atoms with E-state index in [-0.39, 0.29) is 23.5 Å². The van der Waals surface area contributed by atoms with Gasteiger partial charge in [-0.25, -0.2) is 0 Å². The molecule has 0 unspecified atom stereocenters. The summed E-state index contributed by atoms with van der Waals surface area (Å²) < 4.78 is 0. The maximum Gasteiger partial charge on any atom is 0.232 e. The SMILES string of the molecule is CCCCCCCCCCC(=O)C(=O)c1ccc(O)cc1O. The third kappa shape index (κ3) is 6.29. The molecule has 0 heterocycles. The number of ketones is 2. The maximum atomic E-state index is 11.9. The summed E-state index contributed by atoms with van der Waals surface area (Å²) in [5.41, 5.74) is -0.0395. The third-order valence-corrected chi connectivity index (χ3v) is 3.74. The Morgan fingerprint density at radius 2 is 1.50 bits per heavy atom. The van der Waals surface area contributed by atoms with Gasteiger partial charge >= 0.3 is 0 Å². The molecule has 0 aliphatic heterocycles. The van der Waals surface area contributed by atoms with Gasteiger partial charge in [0, 0.05) is 12.5 Å². The predicted molar refractivity (Wildman–Crippen MR) is 86.3 cm³/mol. The number of benzene rings is 1. The number of carbonyl (C=O) groups excluding carboxylic acids is 2. The van der Waals surface area contributed by atoms with Crippen LogP contribution in [0.2, 0.25) is 0 Å². The molecule has 22 heavy (non-hydrogen) atoms. The van der Waals surface area contributed by atoms with Crippen molar-refractivity contribution in [3.63, 3.8) is 0 Å². The minimum absolute atomic E-state index is 0.0395. The lowest BCUT2D eigenvalue weighted by Gasteiger charge is -2.04. The monoisotopic (exact) mass is 306 g/mol. The van der Waals surface area contributed by atoms with E-state index in [0.717, 1.165) is 18.9 Å². The van der Waals surface area contributed by atoms with Crippen LogP contribution in [0.25, 0.3) is 0 Å². The molecule has 0 radical (unpaired) electrons. The first-order chi connectivity index (χ1) is 10.6. The standard InChI is InChI=1S/C18H26O4/c1-2-3-4-5-6-7-8-9-10-16(20)18(22)15-12-11-14(19)13-17(15)21/h11-13,19,21H,2-10H2,1H3. The van der Waals surface area contributed by atoms with E-state index in [2.05, 4.69) is 6.92 Å². The molecule has 0 amide bonds. The van der Waals surface area contributed by atoms with E-state index < -0.39 is 11.6 Å². The molecule has 1 aromatic carbocycles. The van der Waals surface area contributed by atoms with Crippen LogP contribution < -0.4 is 0 Å². The second kappa shape index (κ2) is 9.98. The second-order valence-corrected chi connectivity index (χ2v) is 5.68. The van der Waals surface area contributed by atoms with E-state index in [1.807, 2.05) is 0 Å². The molecule has 0 saturated heterocycles. The van der Waals surface area contributed by atoms with E-state index in [1.165, 1.54) is 44.2 Å².